The SMILES string of the molecule is COc1ccc(C(Cl)C2CC2c2ccccc2)cc1C. The van der Waals surface area contributed by atoms with Crippen LogP contribution in [-0.4, -0.2) is 7.11 Å². The molecule has 20 heavy (non-hydrogen) atoms. The summed E-state index contributed by atoms with van der Waals surface area (Å²) in [5.41, 5.74) is 3.76. The van der Waals surface area contributed by atoms with Gasteiger partial charge in [-0.25, -0.2) is 0 Å². The van der Waals surface area contributed by atoms with Crippen molar-refractivity contribution < 1.29 is 4.74 Å². The van der Waals surface area contributed by atoms with Gasteiger partial charge in [0.2, 0.25) is 0 Å². The van der Waals surface area contributed by atoms with Crippen LogP contribution in [0.4, 0.5) is 0 Å². The highest BCUT2D eigenvalue weighted by molar-refractivity contribution is 6.21. The Morgan fingerprint density at radius 3 is 2.55 bits per heavy atom. The number of methoxy groups -OCH3 is 1. The first-order valence-corrected chi connectivity index (χ1v) is 7.48. The fraction of sp³-hybridized carbons (Fsp3) is 0.333. The van der Waals surface area contributed by atoms with Gasteiger partial charge in [0, 0.05) is 0 Å². The Morgan fingerprint density at radius 2 is 1.90 bits per heavy atom. The third kappa shape index (κ3) is 2.55. The van der Waals surface area contributed by atoms with Gasteiger partial charge in [0.05, 0.1) is 12.5 Å². The number of halogens is 1. The number of rotatable bonds is 4. The molecule has 2 heteroatoms. The minimum Gasteiger partial charge on any atom is -0.496 e. The summed E-state index contributed by atoms with van der Waals surface area (Å²) in [5.74, 6) is 2.08. The Hall–Kier alpha value is -1.47. The maximum atomic E-state index is 6.67. The zero-order valence-corrected chi connectivity index (χ0v) is 12.6. The van der Waals surface area contributed by atoms with Gasteiger partial charge < -0.3 is 4.74 Å². The molecule has 3 rings (SSSR count). The molecule has 0 spiro atoms. The first kappa shape index (κ1) is 13.5. The fourth-order valence-electron chi connectivity index (χ4n) is 2.94. The molecule has 1 fully saturated rings. The summed E-state index contributed by atoms with van der Waals surface area (Å²) in [5, 5.41) is 0.0878. The number of hydrogen-bond acceptors (Lipinski definition) is 1. The van der Waals surface area contributed by atoms with Crippen molar-refractivity contribution in [3.63, 3.8) is 0 Å². The summed E-state index contributed by atoms with van der Waals surface area (Å²) in [6.07, 6.45) is 1.18. The van der Waals surface area contributed by atoms with Crippen LogP contribution < -0.4 is 4.74 Å². The molecule has 1 nitrogen and oxygen atoms in total. The third-order valence-electron chi connectivity index (χ3n) is 4.18. The minimum absolute atomic E-state index is 0.0878. The lowest BCUT2D eigenvalue weighted by atomic mass is 10.0. The standard InChI is InChI=1S/C18H19ClO/c1-12-10-14(8-9-17(12)20-2)18(19)16-11-15(16)13-6-4-3-5-7-13/h3-10,15-16,18H,11H2,1-2H3. The summed E-state index contributed by atoms with van der Waals surface area (Å²) in [4.78, 5) is 0. The lowest BCUT2D eigenvalue weighted by molar-refractivity contribution is 0.411. The molecule has 0 N–H and O–H groups in total. The van der Waals surface area contributed by atoms with E-state index >= 15 is 0 Å². The van der Waals surface area contributed by atoms with Crippen molar-refractivity contribution in [3.8, 4) is 5.75 Å². The molecule has 0 heterocycles. The van der Waals surface area contributed by atoms with E-state index in [2.05, 4.69) is 49.4 Å². The van der Waals surface area contributed by atoms with E-state index in [0.717, 1.165) is 11.3 Å². The molecule has 1 saturated carbocycles. The predicted molar refractivity (Wildman–Crippen MR) is 83.6 cm³/mol. The third-order valence-corrected chi connectivity index (χ3v) is 4.76. The van der Waals surface area contributed by atoms with Crippen molar-refractivity contribution in [2.45, 2.75) is 24.6 Å². The van der Waals surface area contributed by atoms with Gasteiger partial charge in [-0.1, -0.05) is 42.5 Å². The second-order valence-corrected chi connectivity index (χ2v) is 6.02. The maximum Gasteiger partial charge on any atom is 0.121 e. The number of benzene rings is 2. The Bertz CT molecular complexity index is 594. The van der Waals surface area contributed by atoms with E-state index in [-0.39, 0.29) is 5.38 Å². The van der Waals surface area contributed by atoms with Crippen molar-refractivity contribution in [1.29, 1.82) is 0 Å². The lowest BCUT2D eigenvalue weighted by Crippen LogP contribution is -1.97. The van der Waals surface area contributed by atoms with Crippen LogP contribution in [0.25, 0.3) is 0 Å². The van der Waals surface area contributed by atoms with Gasteiger partial charge >= 0.3 is 0 Å². The number of alkyl halides is 1. The molecule has 0 aromatic heterocycles. The summed E-state index contributed by atoms with van der Waals surface area (Å²) in [6.45, 7) is 2.06. The molecule has 0 bridgehead atoms. The van der Waals surface area contributed by atoms with Gasteiger partial charge in [-0.3, -0.25) is 0 Å². The van der Waals surface area contributed by atoms with Crippen molar-refractivity contribution in [2.75, 3.05) is 7.11 Å². The molecule has 0 aliphatic heterocycles. The molecule has 1 aliphatic carbocycles. The Labute approximate surface area is 125 Å². The van der Waals surface area contributed by atoms with Gasteiger partial charge in [-0.05, 0) is 47.9 Å². The predicted octanol–water partition coefficient (Wildman–Crippen LogP) is 5.09. The number of ether oxygens (including phenoxy) is 1. The maximum absolute atomic E-state index is 6.67. The molecule has 0 saturated heterocycles. The van der Waals surface area contributed by atoms with Gasteiger partial charge in [-0.2, -0.15) is 0 Å². The van der Waals surface area contributed by atoms with E-state index in [0.29, 0.717) is 11.8 Å². The molecular formula is C18H19ClO. The minimum atomic E-state index is 0.0878. The molecule has 1 aliphatic rings. The highest BCUT2D eigenvalue weighted by atomic mass is 35.5. The van der Waals surface area contributed by atoms with Crippen LogP contribution in [0.5, 0.6) is 5.75 Å². The van der Waals surface area contributed by atoms with Crippen LogP contribution in [-0.2, 0) is 0 Å². The molecule has 3 atom stereocenters. The van der Waals surface area contributed by atoms with Crippen molar-refractivity contribution >= 4 is 11.6 Å². The van der Waals surface area contributed by atoms with Crippen molar-refractivity contribution in [1.82, 2.24) is 0 Å². The van der Waals surface area contributed by atoms with Crippen LogP contribution in [0.1, 0.15) is 34.4 Å². The molecular weight excluding hydrogens is 268 g/mol. The van der Waals surface area contributed by atoms with Crippen molar-refractivity contribution in [3.05, 3.63) is 65.2 Å². The van der Waals surface area contributed by atoms with Gasteiger partial charge in [-0.15, -0.1) is 11.6 Å². The van der Waals surface area contributed by atoms with E-state index in [9.17, 15) is 0 Å². The first-order chi connectivity index (χ1) is 9.70. The number of aryl methyl sites for hydroxylation is 1. The molecule has 3 unspecified atom stereocenters. The largest absolute Gasteiger partial charge is 0.496 e. The van der Waals surface area contributed by atoms with E-state index in [1.807, 2.05) is 6.07 Å². The zero-order valence-electron chi connectivity index (χ0n) is 11.8. The quantitative estimate of drug-likeness (QED) is 0.712. The molecule has 104 valence electrons. The summed E-state index contributed by atoms with van der Waals surface area (Å²) in [6, 6.07) is 16.9. The number of hydrogen-bond donors (Lipinski definition) is 0. The van der Waals surface area contributed by atoms with Gasteiger partial charge in [0.15, 0.2) is 0 Å². The highest BCUT2D eigenvalue weighted by Crippen LogP contribution is 2.56. The van der Waals surface area contributed by atoms with Crippen molar-refractivity contribution in [2.24, 2.45) is 5.92 Å². The molecule has 2 aromatic rings. The molecule has 2 aromatic carbocycles. The second-order valence-electron chi connectivity index (χ2n) is 5.55. The fourth-order valence-corrected chi connectivity index (χ4v) is 3.36. The highest BCUT2D eigenvalue weighted by Gasteiger charge is 2.43. The van der Waals surface area contributed by atoms with Gasteiger partial charge in [0.1, 0.15) is 5.75 Å². The first-order valence-electron chi connectivity index (χ1n) is 7.04. The van der Waals surface area contributed by atoms with E-state index < -0.39 is 0 Å². The van der Waals surface area contributed by atoms with E-state index in [4.69, 9.17) is 16.3 Å². The Kier molecular flexibility index (Phi) is 3.71. The topological polar surface area (TPSA) is 9.23 Å². The van der Waals surface area contributed by atoms with Crippen LogP contribution >= 0.6 is 11.6 Å². The molecule has 0 amide bonds. The summed E-state index contributed by atoms with van der Waals surface area (Å²) < 4.78 is 5.30. The average molecular weight is 287 g/mol. The summed E-state index contributed by atoms with van der Waals surface area (Å²) >= 11 is 6.67. The van der Waals surface area contributed by atoms with Crippen LogP contribution in [0.15, 0.2) is 48.5 Å². The van der Waals surface area contributed by atoms with E-state index in [1.54, 1.807) is 7.11 Å². The van der Waals surface area contributed by atoms with Crippen LogP contribution in [0, 0.1) is 12.8 Å². The Balaban J connectivity index is 1.75. The normalized spacial score (nSPS) is 22.4. The smallest absolute Gasteiger partial charge is 0.121 e. The molecule has 0 radical (unpaired) electrons. The van der Waals surface area contributed by atoms with Crippen LogP contribution in [0.3, 0.4) is 0 Å². The zero-order chi connectivity index (χ0) is 14.1. The summed E-state index contributed by atoms with van der Waals surface area (Å²) in [7, 11) is 1.70. The second kappa shape index (κ2) is 5.49. The Morgan fingerprint density at radius 1 is 1.15 bits per heavy atom. The van der Waals surface area contributed by atoms with Gasteiger partial charge in [0.25, 0.3) is 0 Å². The average Bonchev–Trinajstić information content (AvgIpc) is 3.28. The monoisotopic (exact) mass is 286 g/mol. The van der Waals surface area contributed by atoms with Crippen LogP contribution in [0.2, 0.25) is 0 Å². The van der Waals surface area contributed by atoms with E-state index in [1.165, 1.54) is 17.5 Å². The lowest BCUT2D eigenvalue weighted by Gasteiger charge is -2.12.